The van der Waals surface area contributed by atoms with Gasteiger partial charge in [0.1, 0.15) is 0 Å². The number of guanidine groups is 1. The summed E-state index contributed by atoms with van der Waals surface area (Å²) in [4.78, 5) is 6.86. The lowest BCUT2D eigenvalue weighted by atomic mass is 10.1. The SMILES string of the molecule is CCCCNC(N)=NCc1ccccc1CN(CC)CC.I. The molecule has 0 heterocycles. The van der Waals surface area contributed by atoms with Gasteiger partial charge in [0.15, 0.2) is 5.96 Å². The first-order valence-electron chi connectivity index (χ1n) is 8.04. The van der Waals surface area contributed by atoms with Gasteiger partial charge in [-0.1, -0.05) is 51.5 Å². The fourth-order valence-corrected chi connectivity index (χ4v) is 2.17. The number of hydrogen-bond donors (Lipinski definition) is 2. The van der Waals surface area contributed by atoms with Crippen molar-refractivity contribution in [1.82, 2.24) is 10.2 Å². The van der Waals surface area contributed by atoms with Gasteiger partial charge in [0.05, 0.1) is 6.54 Å². The summed E-state index contributed by atoms with van der Waals surface area (Å²) in [5.41, 5.74) is 8.49. The van der Waals surface area contributed by atoms with E-state index in [4.69, 9.17) is 5.73 Å². The van der Waals surface area contributed by atoms with Crippen molar-refractivity contribution in [2.75, 3.05) is 19.6 Å². The molecule has 0 saturated heterocycles. The van der Waals surface area contributed by atoms with Gasteiger partial charge >= 0.3 is 0 Å². The van der Waals surface area contributed by atoms with Crippen molar-refractivity contribution in [2.24, 2.45) is 10.7 Å². The summed E-state index contributed by atoms with van der Waals surface area (Å²) in [7, 11) is 0. The minimum atomic E-state index is 0. The second-order valence-corrected chi connectivity index (χ2v) is 5.21. The van der Waals surface area contributed by atoms with Crippen molar-refractivity contribution in [3.05, 3.63) is 35.4 Å². The standard InChI is InChI=1S/C17H30N4.HI/c1-4-7-12-19-17(18)20-13-15-10-8-9-11-16(15)14-21(5-2)6-3;/h8-11H,4-7,12-14H2,1-3H3,(H3,18,19,20);1H. The number of nitrogens with zero attached hydrogens (tertiary/aromatic N) is 2. The molecule has 0 spiro atoms. The summed E-state index contributed by atoms with van der Waals surface area (Å²) in [5.74, 6) is 0.543. The van der Waals surface area contributed by atoms with E-state index < -0.39 is 0 Å². The summed E-state index contributed by atoms with van der Waals surface area (Å²) in [6, 6.07) is 8.48. The van der Waals surface area contributed by atoms with Crippen LogP contribution in [-0.2, 0) is 13.1 Å². The maximum Gasteiger partial charge on any atom is 0.188 e. The van der Waals surface area contributed by atoms with Crippen LogP contribution in [0, 0.1) is 0 Å². The average molecular weight is 418 g/mol. The number of nitrogens with two attached hydrogens (primary N) is 1. The summed E-state index contributed by atoms with van der Waals surface area (Å²) in [5, 5.41) is 3.15. The van der Waals surface area contributed by atoms with E-state index in [9.17, 15) is 0 Å². The van der Waals surface area contributed by atoms with Gasteiger partial charge in [-0.25, -0.2) is 4.99 Å². The smallest absolute Gasteiger partial charge is 0.188 e. The van der Waals surface area contributed by atoms with E-state index >= 15 is 0 Å². The van der Waals surface area contributed by atoms with E-state index in [2.05, 4.69) is 60.2 Å². The Morgan fingerprint density at radius 2 is 1.77 bits per heavy atom. The molecule has 0 radical (unpaired) electrons. The van der Waals surface area contributed by atoms with E-state index in [1.807, 2.05) is 0 Å². The topological polar surface area (TPSA) is 53.6 Å². The maximum absolute atomic E-state index is 5.89. The Balaban J connectivity index is 0.00000441. The minimum Gasteiger partial charge on any atom is -0.370 e. The summed E-state index contributed by atoms with van der Waals surface area (Å²) >= 11 is 0. The molecule has 0 atom stereocenters. The minimum absolute atomic E-state index is 0. The quantitative estimate of drug-likeness (QED) is 0.280. The molecular formula is C17H31IN4. The predicted molar refractivity (Wildman–Crippen MR) is 107 cm³/mol. The van der Waals surface area contributed by atoms with Crippen LogP contribution in [0.2, 0.25) is 0 Å². The van der Waals surface area contributed by atoms with Gasteiger partial charge in [0, 0.05) is 13.1 Å². The van der Waals surface area contributed by atoms with Gasteiger partial charge < -0.3 is 11.1 Å². The first kappa shape index (κ1) is 21.2. The molecule has 5 heteroatoms. The number of aliphatic imine (C=N–C) groups is 1. The molecule has 22 heavy (non-hydrogen) atoms. The van der Waals surface area contributed by atoms with Crippen LogP contribution in [0.25, 0.3) is 0 Å². The second-order valence-electron chi connectivity index (χ2n) is 5.21. The van der Waals surface area contributed by atoms with Gasteiger partial charge in [-0.05, 0) is 30.6 Å². The van der Waals surface area contributed by atoms with Crippen LogP contribution in [-0.4, -0.2) is 30.5 Å². The molecule has 0 aliphatic heterocycles. The number of hydrogen-bond acceptors (Lipinski definition) is 2. The van der Waals surface area contributed by atoms with E-state index in [1.54, 1.807) is 0 Å². The van der Waals surface area contributed by atoms with Crippen LogP contribution in [0.15, 0.2) is 29.3 Å². The largest absolute Gasteiger partial charge is 0.370 e. The molecule has 0 bridgehead atoms. The highest BCUT2D eigenvalue weighted by Gasteiger charge is 2.05. The van der Waals surface area contributed by atoms with Crippen molar-refractivity contribution < 1.29 is 0 Å². The summed E-state index contributed by atoms with van der Waals surface area (Å²) in [6.45, 7) is 11.2. The molecule has 0 unspecified atom stereocenters. The van der Waals surface area contributed by atoms with Crippen molar-refractivity contribution >= 4 is 29.9 Å². The second kappa shape index (κ2) is 12.7. The Kier molecular flexibility index (Phi) is 12.2. The van der Waals surface area contributed by atoms with E-state index in [0.717, 1.165) is 39.0 Å². The van der Waals surface area contributed by atoms with Gasteiger partial charge in [-0.3, -0.25) is 4.90 Å². The number of halogens is 1. The molecule has 0 fully saturated rings. The zero-order valence-electron chi connectivity index (χ0n) is 14.1. The molecule has 0 aromatic heterocycles. The fraction of sp³-hybridized carbons (Fsp3) is 0.588. The molecular weight excluding hydrogens is 387 g/mol. The van der Waals surface area contributed by atoms with Crippen LogP contribution in [0.5, 0.6) is 0 Å². The Bertz CT molecular complexity index is 430. The van der Waals surface area contributed by atoms with Crippen LogP contribution in [0.1, 0.15) is 44.7 Å². The Morgan fingerprint density at radius 3 is 2.36 bits per heavy atom. The number of unbranched alkanes of at least 4 members (excludes halogenated alkanes) is 1. The molecule has 3 N–H and O–H groups in total. The Hall–Kier alpha value is -0.820. The van der Waals surface area contributed by atoms with Crippen LogP contribution >= 0.6 is 24.0 Å². The van der Waals surface area contributed by atoms with E-state index in [1.165, 1.54) is 11.1 Å². The van der Waals surface area contributed by atoms with Crippen molar-refractivity contribution in [3.63, 3.8) is 0 Å². The van der Waals surface area contributed by atoms with Crippen molar-refractivity contribution in [3.8, 4) is 0 Å². The highest BCUT2D eigenvalue weighted by molar-refractivity contribution is 14.0. The average Bonchev–Trinajstić information content (AvgIpc) is 2.51. The van der Waals surface area contributed by atoms with Crippen molar-refractivity contribution in [1.29, 1.82) is 0 Å². The van der Waals surface area contributed by atoms with Crippen LogP contribution < -0.4 is 11.1 Å². The monoisotopic (exact) mass is 418 g/mol. The number of benzene rings is 1. The first-order chi connectivity index (χ1) is 10.2. The third-order valence-corrected chi connectivity index (χ3v) is 3.66. The molecule has 1 aromatic carbocycles. The third-order valence-electron chi connectivity index (χ3n) is 3.66. The molecule has 1 rings (SSSR count). The van der Waals surface area contributed by atoms with Gasteiger partial charge in [-0.15, -0.1) is 24.0 Å². The first-order valence-corrected chi connectivity index (χ1v) is 8.04. The summed E-state index contributed by atoms with van der Waals surface area (Å²) in [6.07, 6.45) is 2.28. The predicted octanol–water partition coefficient (Wildman–Crippen LogP) is 3.35. The molecule has 1 aromatic rings. The molecule has 0 amide bonds. The molecule has 0 aliphatic carbocycles. The lowest BCUT2D eigenvalue weighted by Crippen LogP contribution is -2.32. The zero-order chi connectivity index (χ0) is 15.5. The van der Waals surface area contributed by atoms with Gasteiger partial charge in [-0.2, -0.15) is 0 Å². The molecule has 126 valence electrons. The highest BCUT2D eigenvalue weighted by Crippen LogP contribution is 2.12. The van der Waals surface area contributed by atoms with Crippen LogP contribution in [0.4, 0.5) is 0 Å². The Morgan fingerprint density at radius 1 is 1.14 bits per heavy atom. The van der Waals surface area contributed by atoms with Crippen molar-refractivity contribution in [2.45, 2.75) is 46.7 Å². The summed E-state index contributed by atoms with van der Waals surface area (Å²) < 4.78 is 0. The highest BCUT2D eigenvalue weighted by atomic mass is 127. The zero-order valence-corrected chi connectivity index (χ0v) is 16.5. The molecule has 0 saturated carbocycles. The lowest BCUT2D eigenvalue weighted by Gasteiger charge is -2.19. The van der Waals surface area contributed by atoms with E-state index in [-0.39, 0.29) is 24.0 Å². The lowest BCUT2D eigenvalue weighted by molar-refractivity contribution is 0.295. The fourth-order valence-electron chi connectivity index (χ4n) is 2.17. The number of rotatable bonds is 9. The molecule has 4 nitrogen and oxygen atoms in total. The van der Waals surface area contributed by atoms with Gasteiger partial charge in [0.25, 0.3) is 0 Å². The van der Waals surface area contributed by atoms with E-state index in [0.29, 0.717) is 12.5 Å². The normalized spacial score (nSPS) is 11.4. The van der Waals surface area contributed by atoms with Crippen LogP contribution in [0.3, 0.4) is 0 Å². The molecule has 0 aliphatic rings. The third kappa shape index (κ3) is 7.98. The Labute approximate surface area is 152 Å². The maximum atomic E-state index is 5.89. The van der Waals surface area contributed by atoms with Gasteiger partial charge in [0.2, 0.25) is 0 Å². The number of nitrogens with one attached hydrogen (secondary N) is 1.